The molecule has 2 aromatic rings. The highest BCUT2D eigenvalue weighted by Crippen LogP contribution is 2.28. The lowest BCUT2D eigenvalue weighted by atomic mass is 10.0. The number of aromatic nitrogens is 1. The lowest BCUT2D eigenvalue weighted by Crippen LogP contribution is -2.52. The van der Waals surface area contributed by atoms with Crippen LogP contribution in [0.4, 0.5) is 5.82 Å². The quantitative estimate of drug-likeness (QED) is 0.610. The van der Waals surface area contributed by atoms with Crippen molar-refractivity contribution in [2.24, 2.45) is 0 Å². The Morgan fingerprint density at radius 1 is 1.03 bits per heavy atom. The van der Waals surface area contributed by atoms with Gasteiger partial charge in [-0.05, 0) is 18.1 Å². The first-order valence-electron chi connectivity index (χ1n) is 11.8. The number of nitrogens with one attached hydrogen (secondary N) is 1. The van der Waals surface area contributed by atoms with E-state index in [9.17, 15) is 19.2 Å². The summed E-state index contributed by atoms with van der Waals surface area (Å²) in [4.78, 5) is 59.1. The van der Waals surface area contributed by atoms with Gasteiger partial charge in [0.25, 0.3) is 5.91 Å². The number of fused-ring (bicyclic) bond motifs is 1. The van der Waals surface area contributed by atoms with E-state index in [2.05, 4.69) is 15.2 Å². The second-order valence-electron chi connectivity index (χ2n) is 8.92. The molecule has 1 unspecified atom stereocenters. The molecule has 2 saturated heterocycles. The highest BCUT2D eigenvalue weighted by atomic mass is 16.5. The monoisotopic (exact) mass is 477 g/mol. The molecule has 4 heterocycles. The zero-order valence-electron chi connectivity index (χ0n) is 19.3. The first kappa shape index (κ1) is 23.0. The van der Waals surface area contributed by atoms with E-state index < -0.39 is 11.9 Å². The minimum Gasteiger partial charge on any atom is -0.367 e. The molecule has 4 amide bonds. The molecule has 2 fully saturated rings. The molecular weight excluding hydrogens is 450 g/mol. The molecule has 182 valence electrons. The minimum absolute atomic E-state index is 0.0384. The van der Waals surface area contributed by atoms with Gasteiger partial charge in [-0.2, -0.15) is 0 Å². The number of ether oxygens (including phenoxy) is 1. The van der Waals surface area contributed by atoms with Crippen LogP contribution in [0.1, 0.15) is 34.5 Å². The lowest BCUT2D eigenvalue weighted by molar-refractivity contribution is -0.137. The van der Waals surface area contributed by atoms with Gasteiger partial charge in [0.05, 0.1) is 6.61 Å². The Balaban J connectivity index is 1.15. The van der Waals surface area contributed by atoms with Crippen LogP contribution in [0.5, 0.6) is 0 Å². The van der Waals surface area contributed by atoms with Crippen molar-refractivity contribution in [2.75, 3.05) is 37.7 Å². The number of pyridine rings is 1. The van der Waals surface area contributed by atoms with Crippen molar-refractivity contribution < 1.29 is 23.9 Å². The van der Waals surface area contributed by atoms with Crippen LogP contribution < -0.4 is 10.2 Å². The summed E-state index contributed by atoms with van der Waals surface area (Å²) < 4.78 is 5.58. The van der Waals surface area contributed by atoms with Crippen LogP contribution >= 0.6 is 0 Å². The second-order valence-corrected chi connectivity index (χ2v) is 8.92. The van der Waals surface area contributed by atoms with E-state index in [0.29, 0.717) is 57.3 Å². The van der Waals surface area contributed by atoms with Gasteiger partial charge in [0.15, 0.2) is 0 Å². The Morgan fingerprint density at radius 2 is 1.80 bits per heavy atom. The zero-order chi connectivity index (χ0) is 24.4. The number of hydrogen-bond donors (Lipinski definition) is 1. The fraction of sp³-hybridized carbons (Fsp3) is 0.400. The van der Waals surface area contributed by atoms with Gasteiger partial charge in [0.2, 0.25) is 17.7 Å². The molecule has 10 heteroatoms. The van der Waals surface area contributed by atoms with Crippen LogP contribution in [0.3, 0.4) is 0 Å². The van der Waals surface area contributed by atoms with Gasteiger partial charge >= 0.3 is 0 Å². The molecule has 3 aliphatic heterocycles. The lowest BCUT2D eigenvalue weighted by Gasteiger charge is -2.35. The summed E-state index contributed by atoms with van der Waals surface area (Å²) in [5.74, 6) is -0.403. The number of piperidine rings is 1. The van der Waals surface area contributed by atoms with E-state index in [4.69, 9.17) is 4.74 Å². The molecular formula is C25H27N5O5. The Morgan fingerprint density at radius 3 is 2.54 bits per heavy atom. The van der Waals surface area contributed by atoms with Crippen LogP contribution in [-0.2, 0) is 32.3 Å². The number of nitrogens with zero attached hydrogens (tertiary/aromatic N) is 4. The van der Waals surface area contributed by atoms with E-state index >= 15 is 0 Å². The maximum absolute atomic E-state index is 13.0. The molecule has 0 bridgehead atoms. The molecule has 5 rings (SSSR count). The Kier molecular flexibility index (Phi) is 6.45. The normalized spacial score (nSPS) is 20.2. The number of rotatable bonds is 6. The SMILES string of the molecule is O=C1CCC(N2Cc3ccc(N4CCN(C(=O)COCc5ccccc5)CC4)nc3C2=O)C(=O)N1. The number of carbonyl (C=O) groups is 4. The Hall–Kier alpha value is -3.79. The standard InChI is InChI=1S/C25H27N5O5/c31-21-9-7-19(24(33)27-21)30-14-18-6-8-20(26-23(18)25(30)34)28-10-12-29(13-11-28)22(32)16-35-15-17-4-2-1-3-5-17/h1-6,8,19H,7,9-16H2,(H,27,31,33). The molecule has 0 aliphatic carbocycles. The van der Waals surface area contributed by atoms with Gasteiger partial charge in [-0.15, -0.1) is 0 Å². The summed E-state index contributed by atoms with van der Waals surface area (Å²) in [5, 5.41) is 2.31. The first-order valence-corrected chi connectivity index (χ1v) is 11.8. The molecule has 0 spiro atoms. The van der Waals surface area contributed by atoms with E-state index in [1.807, 2.05) is 42.5 Å². The summed E-state index contributed by atoms with van der Waals surface area (Å²) in [6.45, 7) is 3.03. The van der Waals surface area contributed by atoms with Gasteiger partial charge in [-0.25, -0.2) is 4.98 Å². The van der Waals surface area contributed by atoms with Crippen molar-refractivity contribution in [1.29, 1.82) is 0 Å². The van der Waals surface area contributed by atoms with Gasteiger partial charge in [-0.3, -0.25) is 24.5 Å². The van der Waals surface area contributed by atoms with Gasteiger partial charge < -0.3 is 19.4 Å². The third kappa shape index (κ3) is 4.88. The highest BCUT2D eigenvalue weighted by molar-refractivity contribution is 6.04. The summed E-state index contributed by atoms with van der Waals surface area (Å²) in [6.07, 6.45) is 0.539. The van der Waals surface area contributed by atoms with Crippen molar-refractivity contribution in [3.05, 3.63) is 59.3 Å². The number of amides is 4. The van der Waals surface area contributed by atoms with Crippen molar-refractivity contribution in [1.82, 2.24) is 20.1 Å². The number of anilines is 1. The number of imide groups is 1. The van der Waals surface area contributed by atoms with Gasteiger partial charge in [-0.1, -0.05) is 36.4 Å². The fourth-order valence-corrected chi connectivity index (χ4v) is 4.70. The van der Waals surface area contributed by atoms with E-state index in [-0.39, 0.29) is 30.7 Å². The van der Waals surface area contributed by atoms with Crippen LogP contribution in [0.25, 0.3) is 0 Å². The van der Waals surface area contributed by atoms with Gasteiger partial charge in [0, 0.05) is 44.7 Å². The maximum Gasteiger partial charge on any atom is 0.273 e. The topological polar surface area (TPSA) is 112 Å². The molecule has 0 saturated carbocycles. The molecule has 1 N–H and O–H groups in total. The smallest absolute Gasteiger partial charge is 0.273 e. The number of benzene rings is 1. The molecule has 10 nitrogen and oxygen atoms in total. The van der Waals surface area contributed by atoms with Gasteiger partial charge in [0.1, 0.15) is 24.2 Å². The van der Waals surface area contributed by atoms with Crippen LogP contribution in [-0.4, -0.2) is 77.2 Å². The second kappa shape index (κ2) is 9.83. The van der Waals surface area contributed by atoms with E-state index in [1.165, 1.54) is 4.90 Å². The van der Waals surface area contributed by atoms with E-state index in [1.54, 1.807) is 4.90 Å². The summed E-state index contributed by atoms with van der Waals surface area (Å²) in [5.41, 5.74) is 2.14. The largest absolute Gasteiger partial charge is 0.367 e. The third-order valence-corrected chi connectivity index (χ3v) is 6.65. The van der Waals surface area contributed by atoms with Crippen molar-refractivity contribution in [3.8, 4) is 0 Å². The third-order valence-electron chi connectivity index (χ3n) is 6.65. The predicted octanol–water partition coefficient (Wildman–Crippen LogP) is 0.708. The molecule has 1 aromatic carbocycles. The highest BCUT2D eigenvalue weighted by Gasteiger charge is 2.40. The molecule has 1 aromatic heterocycles. The molecule has 0 radical (unpaired) electrons. The number of piperazine rings is 1. The fourth-order valence-electron chi connectivity index (χ4n) is 4.70. The predicted molar refractivity (Wildman–Crippen MR) is 125 cm³/mol. The first-order chi connectivity index (χ1) is 17.0. The Bertz CT molecular complexity index is 1150. The average molecular weight is 478 g/mol. The maximum atomic E-state index is 13.0. The molecule has 35 heavy (non-hydrogen) atoms. The average Bonchev–Trinajstić information content (AvgIpc) is 3.20. The van der Waals surface area contributed by atoms with Crippen molar-refractivity contribution >= 4 is 29.4 Å². The minimum atomic E-state index is -0.656. The van der Waals surface area contributed by atoms with Crippen LogP contribution in [0.2, 0.25) is 0 Å². The Labute approximate surface area is 202 Å². The number of carbonyl (C=O) groups excluding carboxylic acids is 4. The van der Waals surface area contributed by atoms with Crippen LogP contribution in [0.15, 0.2) is 42.5 Å². The summed E-state index contributed by atoms with van der Waals surface area (Å²) >= 11 is 0. The molecule has 3 aliphatic rings. The van der Waals surface area contributed by atoms with E-state index in [0.717, 1.165) is 11.1 Å². The summed E-state index contributed by atoms with van der Waals surface area (Å²) in [6, 6.07) is 12.8. The van der Waals surface area contributed by atoms with Crippen LogP contribution in [0, 0.1) is 0 Å². The van der Waals surface area contributed by atoms with Crippen molar-refractivity contribution in [2.45, 2.75) is 32.0 Å². The zero-order valence-corrected chi connectivity index (χ0v) is 19.3. The molecule has 1 atom stereocenters. The summed E-state index contributed by atoms with van der Waals surface area (Å²) in [7, 11) is 0. The van der Waals surface area contributed by atoms with Crippen molar-refractivity contribution in [3.63, 3.8) is 0 Å². The number of hydrogen-bond acceptors (Lipinski definition) is 7.